The molecule has 15 heterocycles. The quantitative estimate of drug-likeness (QED) is 0.0454. The minimum absolute atomic E-state index is 0.346. The molecule has 0 amide bonds. The molecule has 8 aromatic heterocycles. The van der Waals surface area contributed by atoms with E-state index in [1.54, 1.807) is 0 Å². The van der Waals surface area contributed by atoms with Gasteiger partial charge in [-0.25, -0.2) is 34.9 Å². The molecule has 12 N–H and O–H groups in total. The van der Waals surface area contributed by atoms with Crippen LogP contribution in [0.25, 0.3) is 88.1 Å². The second kappa shape index (κ2) is 47.3. The van der Waals surface area contributed by atoms with Crippen molar-refractivity contribution in [2.45, 2.75) is 170 Å². The summed E-state index contributed by atoms with van der Waals surface area (Å²) >= 11 is 0. The molecular formula is C111H145N25O2. The van der Waals surface area contributed by atoms with Crippen LogP contribution in [0.15, 0.2) is 175 Å². The van der Waals surface area contributed by atoms with Gasteiger partial charge in [-0.3, -0.25) is 9.89 Å². The molecule has 0 atom stereocenters. The smallest absolute Gasteiger partial charge is 0.123 e. The Balaban J connectivity index is 0.000000112. The van der Waals surface area contributed by atoms with Crippen LogP contribution in [0.4, 0.5) is 17.1 Å². The number of rotatable bonds is 15. The van der Waals surface area contributed by atoms with Crippen LogP contribution >= 0.6 is 0 Å². The summed E-state index contributed by atoms with van der Waals surface area (Å²) in [6.07, 6.45) is 15.4. The summed E-state index contributed by atoms with van der Waals surface area (Å²) < 4.78 is 11.1. The van der Waals surface area contributed by atoms with Gasteiger partial charge in [-0.15, -0.1) is 0 Å². The second-order valence-corrected chi connectivity index (χ2v) is 38.9. The highest BCUT2D eigenvalue weighted by Gasteiger charge is 2.23. The first-order chi connectivity index (χ1) is 66.9. The lowest BCUT2D eigenvalue weighted by Crippen LogP contribution is -2.50. The number of aliphatic imine (C=N–C) groups is 1. The highest BCUT2D eigenvalue weighted by Crippen LogP contribution is 2.34. The van der Waals surface area contributed by atoms with E-state index in [2.05, 4.69) is 306 Å². The van der Waals surface area contributed by atoms with Crippen molar-refractivity contribution in [3.63, 3.8) is 0 Å². The van der Waals surface area contributed by atoms with Gasteiger partial charge in [-0.05, 0) is 384 Å². The number of hydrogen-bond acceptors (Lipinski definition) is 19. The predicted octanol–water partition coefficient (Wildman–Crippen LogP) is 19.6. The number of likely N-dealkylation sites (tertiary alicyclic amines) is 3. The zero-order chi connectivity index (χ0) is 96.1. The molecule has 27 nitrogen and oxygen atoms in total. The molecule has 0 aliphatic carbocycles. The van der Waals surface area contributed by atoms with E-state index in [0.29, 0.717) is 18.6 Å². The molecule has 6 fully saturated rings. The van der Waals surface area contributed by atoms with Crippen LogP contribution in [-0.4, -0.2) is 246 Å². The van der Waals surface area contributed by atoms with Crippen molar-refractivity contribution in [2.24, 2.45) is 10.7 Å². The minimum Gasteiger partial charge on any atom is -0.488 e. The molecule has 9 aromatic carbocycles. The monoisotopic (exact) mass is 1860 g/mol. The van der Waals surface area contributed by atoms with Gasteiger partial charge in [0.25, 0.3) is 0 Å². The van der Waals surface area contributed by atoms with Crippen molar-refractivity contribution in [1.29, 1.82) is 0 Å². The largest absolute Gasteiger partial charge is 0.488 e. The Bertz CT molecular complexity index is 6720. The van der Waals surface area contributed by atoms with Gasteiger partial charge in [0.2, 0.25) is 0 Å². The molecule has 0 bridgehead atoms. The maximum atomic E-state index is 5.79. The number of fused-ring (bicyclic) bond motifs is 9. The minimum atomic E-state index is 0.346. The van der Waals surface area contributed by atoms with Crippen molar-refractivity contribution >= 4 is 111 Å². The van der Waals surface area contributed by atoms with Crippen molar-refractivity contribution in [3.8, 4) is 5.75 Å². The highest BCUT2D eigenvalue weighted by molar-refractivity contribution is 5.92. The summed E-state index contributed by atoms with van der Waals surface area (Å²) in [4.78, 5) is 75.6. The topological polar surface area (TPSA) is 317 Å². The standard InChI is InChI=1S/C15H20N2.2C14H19N3.C13H17N3.C12H15N3O.C12H14N2O.C11H15N3.2C10H13N3/c1-12-10-14-11-13(4-5-15(14)16-12)6-9-17-7-2-3-8-17;1-10-15-13-4-3-12(9-14(13)16-10)11-5-7-17(2)8-6-11;1-11-15-13-6-5-12(9-14(13)16-11)10-17-7-3-2-4-8-17;1-9-15-12-3-2-11(8-13(12)16-9)10-4-6-14-7-5-10;1-9-13-11-3-2-10(8-12(11)14-9)15-4-6-16-7-5-15;1-8-4-9-2-3-10(5-12(9)14-8)15-11-6-13-7-11;1-8-12-10-5-4-9(7-14(2)3)6-11(10)13-8;1-7-11-9-5-4-8(13(2)3)6-10(9)12-7;1-7-12-9-3-2-8(4-5-11)6-10(9)13-7/h4-5,11H,2-3,6-10H2,1H3;3-4,9,11H,5-8H2,1-2H3,(H,15,16);5-6,9H,2-4,7-8,10H2,1H3,(H,15,16);2-3,8,10,14H,4-7H2,1H3,(H,15,16);2-3,8H,4-7H2,1H3,(H,13,14);2-5,11,13-14H,6-7H2,1H3;4-6H,7H2,1-3H3,(H,12,13);4-6H,1-3H3,(H,11,12);2-3,6H,4-5,11H2,1H3,(H,12,13). The van der Waals surface area contributed by atoms with E-state index >= 15 is 0 Å². The summed E-state index contributed by atoms with van der Waals surface area (Å²) in [7, 11) is 10.4. The Kier molecular flexibility index (Phi) is 33.8. The summed E-state index contributed by atoms with van der Waals surface area (Å²) in [5.41, 5.74) is 37.8. The molecule has 0 spiro atoms. The van der Waals surface area contributed by atoms with E-state index in [4.69, 9.17) is 15.2 Å². The first kappa shape index (κ1) is 98.6. The van der Waals surface area contributed by atoms with Gasteiger partial charge in [0.05, 0.1) is 96.1 Å². The van der Waals surface area contributed by atoms with E-state index in [-0.39, 0.29) is 0 Å². The molecule has 0 unspecified atom stereocenters. The van der Waals surface area contributed by atoms with Crippen molar-refractivity contribution < 1.29 is 9.47 Å². The summed E-state index contributed by atoms with van der Waals surface area (Å²) in [5, 5.41) is 7.84. The van der Waals surface area contributed by atoms with Crippen LogP contribution < -0.4 is 30.9 Å². The van der Waals surface area contributed by atoms with Crippen LogP contribution in [0.5, 0.6) is 5.75 Å². The Labute approximate surface area is 812 Å². The third-order valence-electron chi connectivity index (χ3n) is 26.7. The molecule has 17 aromatic rings. The van der Waals surface area contributed by atoms with E-state index < -0.39 is 0 Å². The zero-order valence-electron chi connectivity index (χ0n) is 83.8. The number of aryl methyl sites for hydroxylation is 8. The van der Waals surface area contributed by atoms with Gasteiger partial charge in [-0.1, -0.05) is 48.9 Å². The number of piperidine rings is 3. The number of nitrogens with one attached hydrogen (secondary N) is 10. The van der Waals surface area contributed by atoms with Gasteiger partial charge in [0.1, 0.15) is 52.6 Å². The van der Waals surface area contributed by atoms with Gasteiger partial charge in [0, 0.05) is 101 Å². The first-order valence-corrected chi connectivity index (χ1v) is 49.9. The lowest BCUT2D eigenvalue weighted by Gasteiger charge is -2.29. The van der Waals surface area contributed by atoms with Gasteiger partial charge in [0.15, 0.2) is 0 Å². The Morgan fingerprint density at radius 3 is 1.41 bits per heavy atom. The number of ether oxygens (including phenoxy) is 2. The van der Waals surface area contributed by atoms with Gasteiger partial charge >= 0.3 is 0 Å². The molecule has 138 heavy (non-hydrogen) atoms. The number of nitrogens with zero attached hydrogens (tertiary/aromatic N) is 14. The summed E-state index contributed by atoms with van der Waals surface area (Å²) in [6, 6.07) is 60.2. The number of nitrogens with two attached hydrogens (primary N) is 1. The average molecular weight is 1860 g/mol. The number of morpholine rings is 1. The molecule has 7 aliphatic rings. The molecule has 0 radical (unpaired) electrons. The van der Waals surface area contributed by atoms with E-state index in [0.717, 1.165) is 203 Å². The van der Waals surface area contributed by atoms with Crippen LogP contribution in [0.1, 0.15) is 162 Å². The molecule has 0 saturated carbocycles. The molecular weight excluding hydrogens is 1720 g/mol. The average Bonchev–Trinajstić information content (AvgIpc) is 1.66. The lowest BCUT2D eigenvalue weighted by atomic mass is 9.89. The zero-order valence-corrected chi connectivity index (χ0v) is 83.8. The fourth-order valence-corrected chi connectivity index (χ4v) is 19.4. The number of benzene rings is 9. The van der Waals surface area contributed by atoms with Gasteiger partial charge in [-0.2, -0.15) is 0 Å². The molecule has 7 aliphatic heterocycles. The van der Waals surface area contributed by atoms with E-state index in [9.17, 15) is 0 Å². The molecule has 726 valence electrons. The predicted molar refractivity (Wildman–Crippen MR) is 569 cm³/mol. The normalized spacial score (nSPS) is 16.0. The molecule has 27 heteroatoms. The molecule has 24 rings (SSSR count). The fourth-order valence-electron chi connectivity index (χ4n) is 19.4. The van der Waals surface area contributed by atoms with Crippen molar-refractivity contribution in [3.05, 3.63) is 255 Å². The number of hydrogen-bond donors (Lipinski definition) is 11. The highest BCUT2D eigenvalue weighted by atomic mass is 16.5. The van der Waals surface area contributed by atoms with Crippen LogP contribution in [0.3, 0.4) is 0 Å². The number of aromatic nitrogens is 15. The van der Waals surface area contributed by atoms with Crippen LogP contribution in [0, 0.1) is 55.4 Å². The third kappa shape index (κ3) is 27.5. The number of imidazole rings is 7. The van der Waals surface area contributed by atoms with Crippen LogP contribution in [0.2, 0.25) is 0 Å². The summed E-state index contributed by atoms with van der Waals surface area (Å²) in [6.45, 7) is 37.4. The van der Waals surface area contributed by atoms with E-state index in [1.165, 1.54) is 194 Å². The Morgan fingerprint density at radius 2 is 0.877 bits per heavy atom. The Morgan fingerprint density at radius 1 is 0.413 bits per heavy atom. The van der Waals surface area contributed by atoms with E-state index in [1.807, 2.05) is 80.8 Å². The molecule has 6 saturated heterocycles. The Hall–Kier alpha value is -12.4. The SMILES string of the molecule is CC1=Nc2ccc(CCN3CCCC3)cc2C1.Cc1cc2ccc(OC3CNC3)cc2[nH]1.Cc1nc2ccc(C3CCN(C)CC3)cc2[nH]1.Cc1nc2ccc(C3CCNCC3)cc2[nH]1.Cc1nc2ccc(CCN)cc2[nH]1.Cc1nc2ccc(CN(C)C)cc2[nH]1.Cc1nc2ccc(CN3CCCCC3)cc2[nH]1.Cc1nc2ccc(N(C)C)cc2[nH]1.Cc1nc2ccc(N3CCOCC3)cc2[nH]1. The lowest BCUT2D eigenvalue weighted by molar-refractivity contribution is 0.122. The number of aromatic amines is 8. The van der Waals surface area contributed by atoms with Crippen molar-refractivity contribution in [2.75, 3.05) is 150 Å². The van der Waals surface area contributed by atoms with Crippen molar-refractivity contribution in [1.82, 2.24) is 105 Å². The fraction of sp³-hybridized carbons (Fsp3) is 0.423. The number of anilines is 2. The van der Waals surface area contributed by atoms with Crippen LogP contribution in [-0.2, 0) is 37.1 Å². The number of H-pyrrole nitrogens is 8. The summed E-state index contributed by atoms with van der Waals surface area (Å²) in [5.74, 6) is 9.25. The maximum absolute atomic E-state index is 5.79. The third-order valence-corrected chi connectivity index (χ3v) is 26.7. The van der Waals surface area contributed by atoms with Gasteiger partial charge < -0.3 is 90.2 Å². The first-order valence-electron chi connectivity index (χ1n) is 49.9. The second-order valence-electron chi connectivity index (χ2n) is 38.9. The maximum Gasteiger partial charge on any atom is 0.123 e.